The number of nitrogens with one attached hydrogen (secondary N) is 1. The predicted molar refractivity (Wildman–Crippen MR) is 94.1 cm³/mol. The van der Waals surface area contributed by atoms with Gasteiger partial charge in [0.15, 0.2) is 0 Å². The van der Waals surface area contributed by atoms with Gasteiger partial charge < -0.3 is 10.1 Å². The van der Waals surface area contributed by atoms with Gasteiger partial charge in [-0.05, 0) is 48.2 Å². The molecule has 122 valence electrons. The van der Waals surface area contributed by atoms with Gasteiger partial charge in [0.25, 0.3) is 0 Å². The highest BCUT2D eigenvalue weighted by molar-refractivity contribution is 6.30. The molecule has 4 heteroatoms. The molecule has 2 aromatic rings. The summed E-state index contributed by atoms with van der Waals surface area (Å²) in [4.78, 5) is 12.3. The van der Waals surface area contributed by atoms with Gasteiger partial charge in [0, 0.05) is 5.02 Å². The molecule has 0 saturated heterocycles. The van der Waals surface area contributed by atoms with Crippen LogP contribution in [0.25, 0.3) is 0 Å². The number of rotatable bonds is 6. The fraction of sp³-hybridized carbons (Fsp3) is 0.316. The average Bonchev–Trinajstić information content (AvgIpc) is 2.54. The molecule has 0 saturated carbocycles. The molecule has 2 aromatic carbocycles. The Morgan fingerprint density at radius 1 is 1.22 bits per heavy atom. The fourth-order valence-electron chi connectivity index (χ4n) is 2.57. The Labute approximate surface area is 142 Å². The monoisotopic (exact) mass is 331 g/mol. The fourth-order valence-corrected chi connectivity index (χ4v) is 2.70. The molecule has 3 nitrogen and oxygen atoms in total. The summed E-state index contributed by atoms with van der Waals surface area (Å²) in [6.07, 6.45) is 1.18. The molecule has 0 aliphatic carbocycles. The molecule has 0 unspecified atom stereocenters. The molecule has 0 spiro atoms. The minimum absolute atomic E-state index is 0.000550. The Morgan fingerprint density at radius 3 is 2.48 bits per heavy atom. The summed E-state index contributed by atoms with van der Waals surface area (Å²) in [5, 5.41) is 3.77. The third-order valence-corrected chi connectivity index (χ3v) is 4.09. The van der Waals surface area contributed by atoms with E-state index in [-0.39, 0.29) is 11.9 Å². The molecule has 1 atom stereocenters. The zero-order valence-electron chi connectivity index (χ0n) is 13.7. The summed E-state index contributed by atoms with van der Waals surface area (Å²) in [5.41, 5.74) is 3.11. The topological polar surface area (TPSA) is 38.3 Å². The van der Waals surface area contributed by atoms with E-state index in [0.29, 0.717) is 11.4 Å². The van der Waals surface area contributed by atoms with E-state index in [0.717, 1.165) is 28.9 Å². The SMILES string of the molecule is CC[C@@H](NC(=O)Cc1ccc(Cl)cc1)c1ccc(OC)c(C)c1. The Morgan fingerprint density at radius 2 is 1.91 bits per heavy atom. The maximum absolute atomic E-state index is 12.3. The van der Waals surface area contributed by atoms with Gasteiger partial charge >= 0.3 is 0 Å². The number of amides is 1. The normalized spacial score (nSPS) is 11.8. The van der Waals surface area contributed by atoms with E-state index in [1.165, 1.54) is 0 Å². The van der Waals surface area contributed by atoms with Crippen molar-refractivity contribution in [3.05, 3.63) is 64.2 Å². The molecule has 0 aliphatic rings. The standard InChI is InChI=1S/C19H22ClNO2/c1-4-17(15-7-10-18(23-3)13(2)11-15)21-19(22)12-14-5-8-16(20)9-6-14/h5-11,17H,4,12H2,1-3H3,(H,21,22)/t17-/m1/s1. The maximum atomic E-state index is 12.3. The average molecular weight is 332 g/mol. The Bertz CT molecular complexity index is 668. The number of methoxy groups -OCH3 is 1. The first-order chi connectivity index (χ1) is 11.0. The van der Waals surface area contributed by atoms with Crippen LogP contribution in [-0.2, 0) is 11.2 Å². The molecule has 0 aromatic heterocycles. The van der Waals surface area contributed by atoms with Crippen LogP contribution < -0.4 is 10.1 Å². The molecule has 0 radical (unpaired) electrons. The molecule has 0 bridgehead atoms. The third-order valence-electron chi connectivity index (χ3n) is 3.84. The minimum atomic E-state index is -0.000550. The Balaban J connectivity index is 2.05. The van der Waals surface area contributed by atoms with Gasteiger partial charge in [-0.15, -0.1) is 0 Å². The first kappa shape index (κ1) is 17.4. The minimum Gasteiger partial charge on any atom is -0.496 e. The van der Waals surface area contributed by atoms with Crippen molar-refractivity contribution < 1.29 is 9.53 Å². The number of aryl methyl sites for hydroxylation is 1. The van der Waals surface area contributed by atoms with E-state index in [2.05, 4.69) is 18.3 Å². The smallest absolute Gasteiger partial charge is 0.224 e. The zero-order valence-corrected chi connectivity index (χ0v) is 14.5. The number of ether oxygens (including phenoxy) is 1. The predicted octanol–water partition coefficient (Wildman–Crippen LogP) is 4.47. The first-order valence-electron chi connectivity index (χ1n) is 7.71. The largest absolute Gasteiger partial charge is 0.496 e. The molecular formula is C19H22ClNO2. The summed E-state index contributed by atoms with van der Waals surface area (Å²) in [7, 11) is 1.66. The van der Waals surface area contributed by atoms with Crippen molar-refractivity contribution in [3.8, 4) is 5.75 Å². The van der Waals surface area contributed by atoms with Crippen LogP contribution >= 0.6 is 11.6 Å². The third kappa shape index (κ3) is 4.73. The molecule has 0 fully saturated rings. The van der Waals surface area contributed by atoms with Crippen molar-refractivity contribution >= 4 is 17.5 Å². The van der Waals surface area contributed by atoms with Crippen LogP contribution in [0.15, 0.2) is 42.5 Å². The number of hydrogen-bond donors (Lipinski definition) is 1. The Kier molecular flexibility index (Phi) is 6.05. The van der Waals surface area contributed by atoms with Crippen LogP contribution in [0.3, 0.4) is 0 Å². The van der Waals surface area contributed by atoms with Crippen LogP contribution in [0, 0.1) is 6.92 Å². The maximum Gasteiger partial charge on any atom is 0.224 e. The molecule has 1 N–H and O–H groups in total. The summed E-state index contributed by atoms with van der Waals surface area (Å²) < 4.78 is 5.28. The second-order valence-corrected chi connectivity index (χ2v) is 6.00. The molecule has 23 heavy (non-hydrogen) atoms. The van der Waals surface area contributed by atoms with E-state index >= 15 is 0 Å². The second-order valence-electron chi connectivity index (χ2n) is 5.56. The van der Waals surface area contributed by atoms with E-state index in [1.54, 1.807) is 19.2 Å². The lowest BCUT2D eigenvalue weighted by atomic mass is 10.0. The number of carbonyl (C=O) groups is 1. The Hall–Kier alpha value is -2.00. The zero-order chi connectivity index (χ0) is 16.8. The highest BCUT2D eigenvalue weighted by Crippen LogP contribution is 2.24. The molecule has 1 amide bonds. The van der Waals surface area contributed by atoms with E-state index in [1.807, 2.05) is 31.2 Å². The quantitative estimate of drug-likeness (QED) is 0.848. The van der Waals surface area contributed by atoms with Crippen molar-refractivity contribution in [2.45, 2.75) is 32.7 Å². The van der Waals surface area contributed by atoms with Crippen LogP contribution in [0.4, 0.5) is 0 Å². The molecule has 2 rings (SSSR count). The van der Waals surface area contributed by atoms with Gasteiger partial charge in [-0.2, -0.15) is 0 Å². The van der Waals surface area contributed by atoms with Crippen LogP contribution in [0.1, 0.15) is 36.1 Å². The van der Waals surface area contributed by atoms with Crippen molar-refractivity contribution in [3.63, 3.8) is 0 Å². The summed E-state index contributed by atoms with van der Waals surface area (Å²) in [6.45, 7) is 4.07. The lowest BCUT2D eigenvalue weighted by molar-refractivity contribution is -0.121. The van der Waals surface area contributed by atoms with E-state index in [9.17, 15) is 4.79 Å². The summed E-state index contributed by atoms with van der Waals surface area (Å²) >= 11 is 5.86. The van der Waals surface area contributed by atoms with Crippen molar-refractivity contribution in [1.82, 2.24) is 5.32 Å². The number of benzene rings is 2. The molecule has 0 aliphatic heterocycles. The van der Waals surface area contributed by atoms with Crippen molar-refractivity contribution in [1.29, 1.82) is 0 Å². The van der Waals surface area contributed by atoms with Crippen molar-refractivity contribution in [2.75, 3.05) is 7.11 Å². The van der Waals surface area contributed by atoms with Gasteiger partial charge in [-0.25, -0.2) is 0 Å². The van der Waals surface area contributed by atoms with Gasteiger partial charge in [0.2, 0.25) is 5.91 Å². The number of carbonyl (C=O) groups excluding carboxylic acids is 1. The van der Waals surface area contributed by atoms with Crippen LogP contribution in [0.2, 0.25) is 5.02 Å². The van der Waals surface area contributed by atoms with E-state index in [4.69, 9.17) is 16.3 Å². The van der Waals surface area contributed by atoms with E-state index < -0.39 is 0 Å². The lowest BCUT2D eigenvalue weighted by Crippen LogP contribution is -2.29. The summed E-state index contributed by atoms with van der Waals surface area (Å²) in [5.74, 6) is 0.865. The van der Waals surface area contributed by atoms with Gasteiger partial charge in [0.1, 0.15) is 5.75 Å². The summed E-state index contributed by atoms with van der Waals surface area (Å²) in [6, 6.07) is 13.4. The highest BCUT2D eigenvalue weighted by Gasteiger charge is 2.14. The number of halogens is 1. The number of hydrogen-bond acceptors (Lipinski definition) is 2. The van der Waals surface area contributed by atoms with Crippen LogP contribution in [0.5, 0.6) is 5.75 Å². The van der Waals surface area contributed by atoms with Crippen molar-refractivity contribution in [2.24, 2.45) is 0 Å². The second kappa shape index (κ2) is 8.02. The van der Waals surface area contributed by atoms with Gasteiger partial charge in [0.05, 0.1) is 19.6 Å². The van der Waals surface area contributed by atoms with Crippen LogP contribution in [-0.4, -0.2) is 13.0 Å². The van der Waals surface area contributed by atoms with Gasteiger partial charge in [-0.1, -0.05) is 42.8 Å². The van der Waals surface area contributed by atoms with Gasteiger partial charge in [-0.3, -0.25) is 4.79 Å². The molecular weight excluding hydrogens is 310 g/mol. The lowest BCUT2D eigenvalue weighted by Gasteiger charge is -2.19. The molecule has 0 heterocycles. The highest BCUT2D eigenvalue weighted by atomic mass is 35.5. The first-order valence-corrected chi connectivity index (χ1v) is 8.09.